The third kappa shape index (κ3) is 5.57. The summed E-state index contributed by atoms with van der Waals surface area (Å²) in [6.07, 6.45) is 0.422. The Morgan fingerprint density at radius 3 is 2.58 bits per heavy atom. The highest BCUT2D eigenvalue weighted by Crippen LogP contribution is 2.39. The zero-order chi connectivity index (χ0) is 26.8. The maximum Gasteiger partial charge on any atom is 0.407 e. The Kier molecular flexibility index (Phi) is 8.15. The number of carbonyl (C=O) groups excluding carboxylic acids is 3. The first-order valence-electron chi connectivity index (χ1n) is 12.4. The number of fused-ring (bicyclic) bond motifs is 1. The van der Waals surface area contributed by atoms with E-state index in [1.807, 2.05) is 40.7 Å². The van der Waals surface area contributed by atoms with Gasteiger partial charge in [0.2, 0.25) is 5.91 Å². The SMILES string of the molecule is COC(=O)NCCN1C(=O)C(C)(C)Cc2cc(C)c(C(=O)N(C(C)C)[C@@H]3CCCN(C(=O)O)C3)cc21. The fourth-order valence-electron chi connectivity index (χ4n) is 5.29. The van der Waals surface area contributed by atoms with Crippen LogP contribution in [0.5, 0.6) is 0 Å². The van der Waals surface area contributed by atoms with Gasteiger partial charge in [0.1, 0.15) is 0 Å². The molecule has 1 fully saturated rings. The second kappa shape index (κ2) is 10.8. The highest BCUT2D eigenvalue weighted by atomic mass is 16.5. The molecule has 0 spiro atoms. The van der Waals surface area contributed by atoms with Crippen LogP contribution in [0, 0.1) is 12.3 Å². The van der Waals surface area contributed by atoms with Gasteiger partial charge in [-0.1, -0.05) is 19.9 Å². The molecule has 198 valence electrons. The number of likely N-dealkylation sites (tertiary alicyclic amines) is 1. The van der Waals surface area contributed by atoms with Crippen LogP contribution in [-0.2, 0) is 16.0 Å². The van der Waals surface area contributed by atoms with Crippen molar-refractivity contribution in [3.8, 4) is 0 Å². The second-order valence-electron chi connectivity index (χ2n) is 10.6. The fraction of sp³-hybridized carbons (Fsp3) is 0.615. The molecular weight excluding hydrogens is 464 g/mol. The van der Waals surface area contributed by atoms with Crippen LogP contribution < -0.4 is 10.2 Å². The number of piperidine rings is 1. The molecular formula is C26H38N4O6. The molecule has 0 saturated carbocycles. The first-order valence-corrected chi connectivity index (χ1v) is 12.4. The summed E-state index contributed by atoms with van der Waals surface area (Å²) >= 11 is 0. The summed E-state index contributed by atoms with van der Waals surface area (Å²) in [5.41, 5.74) is 2.32. The molecule has 1 aromatic rings. The average Bonchev–Trinajstić information content (AvgIpc) is 2.80. The van der Waals surface area contributed by atoms with Gasteiger partial charge in [0.25, 0.3) is 5.91 Å². The molecule has 2 aliphatic rings. The maximum atomic E-state index is 13.9. The van der Waals surface area contributed by atoms with Crippen LogP contribution >= 0.6 is 0 Å². The van der Waals surface area contributed by atoms with Crippen LogP contribution in [-0.4, -0.2) is 84.3 Å². The van der Waals surface area contributed by atoms with Gasteiger partial charge in [0, 0.05) is 48.9 Å². The van der Waals surface area contributed by atoms with Crippen LogP contribution in [0.1, 0.15) is 62.0 Å². The van der Waals surface area contributed by atoms with E-state index in [2.05, 4.69) is 10.1 Å². The van der Waals surface area contributed by atoms with Gasteiger partial charge in [-0.25, -0.2) is 9.59 Å². The molecule has 2 aliphatic heterocycles. The first-order chi connectivity index (χ1) is 16.9. The first kappa shape index (κ1) is 27.3. The minimum absolute atomic E-state index is 0.0750. The Labute approximate surface area is 212 Å². The summed E-state index contributed by atoms with van der Waals surface area (Å²) in [5, 5.41) is 12.1. The van der Waals surface area contributed by atoms with E-state index in [-0.39, 0.29) is 43.5 Å². The van der Waals surface area contributed by atoms with Gasteiger partial charge in [-0.05, 0) is 57.2 Å². The van der Waals surface area contributed by atoms with E-state index >= 15 is 0 Å². The standard InChI is InChI=1S/C26H38N4O6/c1-16(2)30(19-8-7-10-28(15-19)25(34)35)22(31)20-13-21-18(12-17(20)3)14-26(4,5)23(32)29(21)11-9-27-24(33)36-6/h12-13,16,19H,7-11,14-15H2,1-6H3,(H,27,33)(H,34,35)/t19-/m1/s1. The number of nitrogens with zero attached hydrogens (tertiary/aromatic N) is 3. The highest BCUT2D eigenvalue weighted by Gasteiger charge is 2.40. The van der Waals surface area contributed by atoms with Crippen molar-refractivity contribution in [3.63, 3.8) is 0 Å². The zero-order valence-corrected chi connectivity index (χ0v) is 22.1. The van der Waals surface area contributed by atoms with Crippen molar-refractivity contribution in [2.24, 2.45) is 5.41 Å². The van der Waals surface area contributed by atoms with E-state index in [0.717, 1.165) is 17.5 Å². The van der Waals surface area contributed by atoms with Crippen LogP contribution in [0.4, 0.5) is 15.3 Å². The number of hydrogen-bond acceptors (Lipinski definition) is 5. The molecule has 1 atom stereocenters. The Hall–Kier alpha value is -3.30. The van der Waals surface area contributed by atoms with Crippen LogP contribution in [0.25, 0.3) is 0 Å². The topological polar surface area (TPSA) is 119 Å². The Morgan fingerprint density at radius 1 is 1.28 bits per heavy atom. The number of nitrogens with one attached hydrogen (secondary N) is 1. The summed E-state index contributed by atoms with van der Waals surface area (Å²) in [5.74, 6) is -0.249. The molecule has 0 aliphatic carbocycles. The number of hydrogen-bond donors (Lipinski definition) is 2. The summed E-state index contributed by atoms with van der Waals surface area (Å²) in [6.45, 7) is 10.7. The largest absolute Gasteiger partial charge is 0.465 e. The number of anilines is 1. The number of benzene rings is 1. The number of ether oxygens (including phenoxy) is 1. The number of amides is 4. The summed E-state index contributed by atoms with van der Waals surface area (Å²) in [6, 6.07) is 3.40. The van der Waals surface area contributed by atoms with E-state index in [0.29, 0.717) is 30.6 Å². The lowest BCUT2D eigenvalue weighted by molar-refractivity contribution is -0.127. The maximum absolute atomic E-state index is 13.9. The minimum atomic E-state index is -0.974. The molecule has 10 nitrogen and oxygen atoms in total. The molecule has 2 N–H and O–H groups in total. The number of carbonyl (C=O) groups is 4. The van der Waals surface area contributed by atoms with Crippen molar-refractivity contribution >= 4 is 29.7 Å². The van der Waals surface area contributed by atoms with E-state index in [1.54, 1.807) is 15.9 Å². The number of methoxy groups -OCH3 is 1. The molecule has 0 unspecified atom stereocenters. The lowest BCUT2D eigenvalue weighted by atomic mass is 9.79. The molecule has 1 saturated heterocycles. The Balaban J connectivity index is 1.96. The molecule has 2 heterocycles. The van der Waals surface area contributed by atoms with Crippen LogP contribution in [0.3, 0.4) is 0 Å². The van der Waals surface area contributed by atoms with Gasteiger partial charge >= 0.3 is 12.2 Å². The lowest BCUT2D eigenvalue weighted by Crippen LogP contribution is -2.54. The second-order valence-corrected chi connectivity index (χ2v) is 10.6. The van der Waals surface area contributed by atoms with Gasteiger partial charge in [-0.3, -0.25) is 9.59 Å². The van der Waals surface area contributed by atoms with Crippen LogP contribution in [0.2, 0.25) is 0 Å². The van der Waals surface area contributed by atoms with Crippen molar-refractivity contribution < 1.29 is 29.0 Å². The molecule has 36 heavy (non-hydrogen) atoms. The van der Waals surface area contributed by atoms with E-state index in [4.69, 9.17) is 0 Å². The molecule has 0 bridgehead atoms. The van der Waals surface area contributed by atoms with E-state index in [1.165, 1.54) is 12.0 Å². The fourth-order valence-corrected chi connectivity index (χ4v) is 5.29. The lowest BCUT2D eigenvalue weighted by Gasteiger charge is -2.41. The van der Waals surface area contributed by atoms with Gasteiger partial charge in [-0.2, -0.15) is 0 Å². The highest BCUT2D eigenvalue weighted by molar-refractivity contribution is 6.03. The third-order valence-corrected chi connectivity index (χ3v) is 7.04. The normalized spacial score (nSPS) is 19.1. The zero-order valence-electron chi connectivity index (χ0n) is 22.1. The Morgan fingerprint density at radius 2 is 1.97 bits per heavy atom. The number of alkyl carbamates (subject to hydrolysis) is 1. The summed E-state index contributed by atoms with van der Waals surface area (Å²) in [4.78, 5) is 55.1. The smallest absolute Gasteiger partial charge is 0.407 e. The average molecular weight is 503 g/mol. The van der Waals surface area contributed by atoms with Crippen molar-refractivity contribution in [1.29, 1.82) is 0 Å². The predicted octanol–water partition coefficient (Wildman–Crippen LogP) is 3.26. The predicted molar refractivity (Wildman–Crippen MR) is 135 cm³/mol. The summed E-state index contributed by atoms with van der Waals surface area (Å²) in [7, 11) is 1.28. The van der Waals surface area contributed by atoms with Crippen molar-refractivity contribution in [2.45, 2.75) is 66.0 Å². The summed E-state index contributed by atoms with van der Waals surface area (Å²) < 4.78 is 4.63. The number of aryl methyl sites for hydroxylation is 1. The Bertz CT molecular complexity index is 1040. The number of rotatable bonds is 6. The quantitative estimate of drug-likeness (QED) is 0.616. The van der Waals surface area contributed by atoms with Crippen LogP contribution in [0.15, 0.2) is 12.1 Å². The minimum Gasteiger partial charge on any atom is -0.465 e. The molecule has 4 amide bonds. The molecule has 1 aromatic carbocycles. The van der Waals surface area contributed by atoms with E-state index in [9.17, 15) is 24.3 Å². The van der Waals surface area contributed by atoms with Crippen molar-refractivity contribution in [3.05, 3.63) is 28.8 Å². The molecule has 3 rings (SSSR count). The molecule has 0 aromatic heterocycles. The van der Waals surface area contributed by atoms with Gasteiger partial charge in [0.15, 0.2) is 0 Å². The number of carboxylic acid groups (broad SMARTS) is 1. The van der Waals surface area contributed by atoms with Gasteiger partial charge in [-0.15, -0.1) is 0 Å². The van der Waals surface area contributed by atoms with E-state index < -0.39 is 17.6 Å². The monoisotopic (exact) mass is 502 g/mol. The third-order valence-electron chi connectivity index (χ3n) is 7.04. The molecule has 10 heteroatoms. The van der Waals surface area contributed by atoms with Crippen molar-refractivity contribution in [1.82, 2.24) is 15.1 Å². The molecule has 0 radical (unpaired) electrons. The van der Waals surface area contributed by atoms with Crippen molar-refractivity contribution in [2.75, 3.05) is 38.2 Å². The van der Waals surface area contributed by atoms with Gasteiger partial charge in [0.05, 0.1) is 13.2 Å². The van der Waals surface area contributed by atoms with Gasteiger partial charge < -0.3 is 29.9 Å².